The molecular formula is C35H39N3O. The first-order valence-electron chi connectivity index (χ1n) is 13.7. The van der Waals surface area contributed by atoms with Crippen molar-refractivity contribution < 1.29 is 4.79 Å². The SMILES string of the molecule is CN(C)CCN(Cc1ccc(-c2ccc(CNCCc3ccccc3)cc2)cc1)C(=O)C=Cc1ccccc1. The van der Waals surface area contributed by atoms with Crippen LogP contribution in [0.25, 0.3) is 17.2 Å². The van der Waals surface area contributed by atoms with Crippen molar-refractivity contribution in [2.24, 2.45) is 0 Å². The first kappa shape index (κ1) is 28.0. The van der Waals surface area contributed by atoms with E-state index in [0.29, 0.717) is 13.1 Å². The Morgan fingerprint density at radius 1 is 0.692 bits per heavy atom. The first-order valence-corrected chi connectivity index (χ1v) is 13.7. The van der Waals surface area contributed by atoms with E-state index in [1.807, 2.05) is 55.4 Å². The molecule has 4 rings (SSSR count). The van der Waals surface area contributed by atoms with Gasteiger partial charge in [0.25, 0.3) is 0 Å². The topological polar surface area (TPSA) is 35.6 Å². The zero-order valence-corrected chi connectivity index (χ0v) is 23.1. The number of hydrogen-bond acceptors (Lipinski definition) is 3. The van der Waals surface area contributed by atoms with Crippen molar-refractivity contribution in [2.75, 3.05) is 33.7 Å². The third-order valence-electron chi connectivity index (χ3n) is 6.72. The fourth-order valence-corrected chi connectivity index (χ4v) is 4.37. The van der Waals surface area contributed by atoms with Gasteiger partial charge >= 0.3 is 0 Å². The Balaban J connectivity index is 1.32. The molecule has 0 spiro atoms. The second kappa shape index (κ2) is 14.8. The number of likely N-dealkylation sites (N-methyl/N-ethyl adjacent to an activating group) is 1. The highest BCUT2D eigenvalue weighted by molar-refractivity contribution is 5.91. The van der Waals surface area contributed by atoms with Crippen LogP contribution in [0.5, 0.6) is 0 Å². The molecule has 1 amide bonds. The molecule has 0 saturated carbocycles. The average molecular weight is 518 g/mol. The molecule has 1 N–H and O–H groups in total. The summed E-state index contributed by atoms with van der Waals surface area (Å²) in [6, 6.07) is 37.8. The molecule has 4 heteroatoms. The molecule has 200 valence electrons. The fraction of sp³-hybridized carbons (Fsp3) is 0.229. The van der Waals surface area contributed by atoms with Crippen molar-refractivity contribution in [2.45, 2.75) is 19.5 Å². The summed E-state index contributed by atoms with van der Waals surface area (Å²) < 4.78 is 0. The van der Waals surface area contributed by atoms with Gasteiger partial charge in [-0.05, 0) is 66.5 Å². The first-order chi connectivity index (χ1) is 19.1. The number of hydrogen-bond donors (Lipinski definition) is 1. The molecule has 0 fully saturated rings. The standard InChI is InChI=1S/C35H39N3O/c1-37(2)25-26-38(35(39)22-17-29-9-5-3-6-10-29)28-32-15-20-34(21-16-32)33-18-13-31(14-19-33)27-36-24-23-30-11-7-4-8-12-30/h3-22,36H,23-28H2,1-2H3. The molecule has 0 bridgehead atoms. The number of nitrogens with zero attached hydrogens (tertiary/aromatic N) is 2. The Hall–Kier alpha value is -3.99. The van der Waals surface area contributed by atoms with Crippen LogP contribution in [0.2, 0.25) is 0 Å². The smallest absolute Gasteiger partial charge is 0.246 e. The van der Waals surface area contributed by atoms with Crippen molar-refractivity contribution in [1.29, 1.82) is 0 Å². The van der Waals surface area contributed by atoms with E-state index in [9.17, 15) is 4.79 Å². The number of amides is 1. The quantitative estimate of drug-likeness (QED) is 0.167. The molecular weight excluding hydrogens is 478 g/mol. The molecule has 0 aliphatic rings. The van der Waals surface area contributed by atoms with Gasteiger partial charge in [0.15, 0.2) is 0 Å². The van der Waals surface area contributed by atoms with Gasteiger partial charge < -0.3 is 15.1 Å². The Kier molecular flexibility index (Phi) is 10.6. The Bertz CT molecular complexity index is 1300. The lowest BCUT2D eigenvalue weighted by Gasteiger charge is -2.23. The predicted molar refractivity (Wildman–Crippen MR) is 163 cm³/mol. The van der Waals surface area contributed by atoms with E-state index in [4.69, 9.17) is 0 Å². The third kappa shape index (κ3) is 9.36. The van der Waals surface area contributed by atoms with Crippen molar-refractivity contribution in [3.63, 3.8) is 0 Å². The molecule has 0 aliphatic heterocycles. The van der Waals surface area contributed by atoms with Crippen molar-refractivity contribution >= 4 is 12.0 Å². The summed E-state index contributed by atoms with van der Waals surface area (Å²) in [5, 5.41) is 3.54. The second-order valence-electron chi connectivity index (χ2n) is 10.1. The van der Waals surface area contributed by atoms with Crippen LogP contribution in [0.15, 0.2) is 115 Å². The summed E-state index contributed by atoms with van der Waals surface area (Å²) in [6.45, 7) is 3.90. The molecule has 0 aliphatic carbocycles. The van der Waals surface area contributed by atoms with Gasteiger partial charge in [0.05, 0.1) is 0 Å². The summed E-state index contributed by atoms with van der Waals surface area (Å²) >= 11 is 0. The van der Waals surface area contributed by atoms with Crippen LogP contribution < -0.4 is 5.32 Å². The van der Waals surface area contributed by atoms with Crippen LogP contribution in [0.3, 0.4) is 0 Å². The molecule has 0 unspecified atom stereocenters. The number of rotatable bonds is 13. The van der Waals surface area contributed by atoms with E-state index in [2.05, 4.69) is 89.1 Å². The zero-order chi connectivity index (χ0) is 27.3. The normalized spacial score (nSPS) is 11.3. The van der Waals surface area contributed by atoms with Gasteiger partial charge in [-0.1, -0.05) is 109 Å². The molecule has 0 aromatic heterocycles. The van der Waals surface area contributed by atoms with E-state index < -0.39 is 0 Å². The molecule has 0 radical (unpaired) electrons. The summed E-state index contributed by atoms with van der Waals surface area (Å²) in [4.78, 5) is 17.1. The number of carbonyl (C=O) groups is 1. The Labute approximate surface area is 233 Å². The molecule has 4 aromatic rings. The minimum atomic E-state index is 0.0257. The summed E-state index contributed by atoms with van der Waals surface area (Å²) in [7, 11) is 4.06. The summed E-state index contributed by atoms with van der Waals surface area (Å²) in [5.41, 5.74) is 7.16. The lowest BCUT2D eigenvalue weighted by molar-refractivity contribution is -0.126. The van der Waals surface area contributed by atoms with E-state index >= 15 is 0 Å². The van der Waals surface area contributed by atoms with Crippen LogP contribution in [-0.4, -0.2) is 49.4 Å². The molecule has 4 aromatic carbocycles. The molecule has 0 saturated heterocycles. The predicted octanol–water partition coefficient (Wildman–Crippen LogP) is 6.29. The summed E-state index contributed by atoms with van der Waals surface area (Å²) in [6.07, 6.45) is 4.60. The maximum absolute atomic E-state index is 13.0. The monoisotopic (exact) mass is 517 g/mol. The van der Waals surface area contributed by atoms with Gasteiger partial charge in [-0.3, -0.25) is 4.79 Å². The van der Waals surface area contributed by atoms with Gasteiger partial charge in [0, 0.05) is 32.3 Å². The van der Waals surface area contributed by atoms with Gasteiger partial charge in [0.2, 0.25) is 5.91 Å². The van der Waals surface area contributed by atoms with Crippen LogP contribution in [-0.2, 0) is 24.3 Å². The third-order valence-corrected chi connectivity index (χ3v) is 6.72. The second-order valence-corrected chi connectivity index (χ2v) is 10.1. The van der Waals surface area contributed by atoms with E-state index in [-0.39, 0.29) is 5.91 Å². The maximum atomic E-state index is 13.0. The number of nitrogens with one attached hydrogen (secondary N) is 1. The zero-order valence-electron chi connectivity index (χ0n) is 23.1. The van der Waals surface area contributed by atoms with Gasteiger partial charge in [-0.25, -0.2) is 0 Å². The molecule has 0 atom stereocenters. The van der Waals surface area contributed by atoms with Crippen LogP contribution >= 0.6 is 0 Å². The van der Waals surface area contributed by atoms with Crippen molar-refractivity contribution in [1.82, 2.24) is 15.1 Å². The van der Waals surface area contributed by atoms with E-state index in [1.54, 1.807) is 6.08 Å². The highest BCUT2D eigenvalue weighted by atomic mass is 16.2. The van der Waals surface area contributed by atoms with E-state index in [1.165, 1.54) is 22.3 Å². The largest absolute Gasteiger partial charge is 0.334 e. The van der Waals surface area contributed by atoms with Crippen LogP contribution in [0, 0.1) is 0 Å². The average Bonchev–Trinajstić information content (AvgIpc) is 2.98. The van der Waals surface area contributed by atoms with Gasteiger partial charge in [0.1, 0.15) is 0 Å². The van der Waals surface area contributed by atoms with Gasteiger partial charge in [-0.15, -0.1) is 0 Å². The minimum absolute atomic E-state index is 0.0257. The van der Waals surface area contributed by atoms with Crippen molar-refractivity contribution in [3.8, 4) is 11.1 Å². The lowest BCUT2D eigenvalue weighted by atomic mass is 10.0. The number of carbonyl (C=O) groups excluding carboxylic acids is 1. The Morgan fingerprint density at radius 3 is 1.90 bits per heavy atom. The van der Waals surface area contributed by atoms with E-state index in [0.717, 1.165) is 37.2 Å². The van der Waals surface area contributed by atoms with Gasteiger partial charge in [-0.2, -0.15) is 0 Å². The highest BCUT2D eigenvalue weighted by Crippen LogP contribution is 2.21. The number of benzene rings is 4. The molecule has 0 heterocycles. The Morgan fingerprint density at radius 2 is 1.28 bits per heavy atom. The maximum Gasteiger partial charge on any atom is 0.246 e. The minimum Gasteiger partial charge on any atom is -0.334 e. The fourth-order valence-electron chi connectivity index (χ4n) is 4.37. The molecule has 39 heavy (non-hydrogen) atoms. The van der Waals surface area contributed by atoms with Crippen LogP contribution in [0.4, 0.5) is 0 Å². The molecule has 4 nitrogen and oxygen atoms in total. The summed E-state index contributed by atoms with van der Waals surface area (Å²) in [5.74, 6) is 0.0257. The van der Waals surface area contributed by atoms with Crippen LogP contribution in [0.1, 0.15) is 22.3 Å². The lowest BCUT2D eigenvalue weighted by Crippen LogP contribution is -2.35. The highest BCUT2D eigenvalue weighted by Gasteiger charge is 2.12. The van der Waals surface area contributed by atoms with Crippen molar-refractivity contribution in [3.05, 3.63) is 138 Å².